The molecule has 2 rings (SSSR count). The first-order chi connectivity index (χ1) is 12.8. The molecule has 0 fully saturated rings. The lowest BCUT2D eigenvalue weighted by molar-refractivity contribution is -0.384. The molecular formula is C14H7ClF7N3O3. The van der Waals surface area contributed by atoms with Gasteiger partial charge in [-0.1, -0.05) is 11.6 Å². The van der Waals surface area contributed by atoms with E-state index in [0.29, 0.717) is 11.6 Å². The number of benzene rings is 1. The molecule has 14 heteroatoms. The van der Waals surface area contributed by atoms with Crippen molar-refractivity contribution >= 4 is 23.5 Å². The van der Waals surface area contributed by atoms with Crippen LogP contribution in [0.4, 0.5) is 36.4 Å². The maximum atomic E-state index is 13.0. The molecule has 0 amide bonds. The molecule has 0 spiro atoms. The van der Waals surface area contributed by atoms with Crippen LogP contribution in [0.1, 0.15) is 5.76 Å². The maximum Gasteiger partial charge on any atom is 0.462 e. The third-order valence-electron chi connectivity index (χ3n) is 3.20. The van der Waals surface area contributed by atoms with Gasteiger partial charge in [0.05, 0.1) is 16.2 Å². The van der Waals surface area contributed by atoms with Crippen LogP contribution < -0.4 is 5.43 Å². The van der Waals surface area contributed by atoms with Crippen LogP contribution >= 0.6 is 11.6 Å². The van der Waals surface area contributed by atoms with E-state index in [1.807, 2.05) is 0 Å². The molecule has 1 heterocycles. The summed E-state index contributed by atoms with van der Waals surface area (Å²) in [7, 11) is 0. The molecule has 1 N–H and O–H groups in total. The predicted molar refractivity (Wildman–Crippen MR) is 82.5 cm³/mol. The Morgan fingerprint density at radius 1 is 1.11 bits per heavy atom. The summed E-state index contributed by atoms with van der Waals surface area (Å²) in [5.74, 6) is -6.78. The second-order valence-corrected chi connectivity index (χ2v) is 5.55. The van der Waals surface area contributed by atoms with Gasteiger partial charge in [-0.2, -0.15) is 35.8 Å². The predicted octanol–water partition coefficient (Wildman–Crippen LogP) is 5.22. The number of rotatable bonds is 6. The minimum Gasteiger partial charge on any atom is -0.455 e. The number of nitrogens with zero attached hydrogens (tertiary/aromatic N) is 2. The van der Waals surface area contributed by atoms with Gasteiger partial charge in [0, 0.05) is 17.7 Å². The van der Waals surface area contributed by atoms with Crippen molar-refractivity contribution in [3.63, 3.8) is 0 Å². The van der Waals surface area contributed by atoms with E-state index in [-0.39, 0.29) is 27.8 Å². The summed E-state index contributed by atoms with van der Waals surface area (Å²) >= 11 is 5.88. The second kappa shape index (κ2) is 7.30. The lowest BCUT2D eigenvalue weighted by Gasteiger charge is -2.27. The van der Waals surface area contributed by atoms with E-state index in [9.17, 15) is 40.8 Å². The number of nitro benzene ring substituents is 1. The first-order valence-corrected chi connectivity index (χ1v) is 7.31. The highest BCUT2D eigenvalue weighted by Gasteiger charge is 2.73. The Kier molecular flexibility index (Phi) is 5.59. The Bertz CT molecular complexity index is 912. The van der Waals surface area contributed by atoms with Gasteiger partial charge in [-0.15, -0.1) is 0 Å². The number of hydrazone groups is 1. The van der Waals surface area contributed by atoms with E-state index >= 15 is 0 Å². The zero-order chi connectivity index (χ0) is 21.3. The van der Waals surface area contributed by atoms with Crippen LogP contribution in [-0.2, 0) is 0 Å². The van der Waals surface area contributed by atoms with Crippen LogP contribution in [0.2, 0.25) is 5.02 Å². The van der Waals surface area contributed by atoms with Crippen LogP contribution in [0.3, 0.4) is 0 Å². The van der Waals surface area contributed by atoms with Crippen LogP contribution in [0.25, 0.3) is 11.3 Å². The quantitative estimate of drug-likeness (QED) is 0.223. The number of non-ortho nitro benzene ring substituents is 1. The molecule has 0 radical (unpaired) electrons. The molecule has 28 heavy (non-hydrogen) atoms. The molecule has 0 aliphatic rings. The lowest BCUT2D eigenvalue weighted by Crippen LogP contribution is -2.58. The summed E-state index contributed by atoms with van der Waals surface area (Å²) in [4.78, 5) is 10.1. The molecule has 0 atom stereocenters. The largest absolute Gasteiger partial charge is 0.462 e. The zero-order valence-corrected chi connectivity index (χ0v) is 13.9. The number of nitro groups is 1. The molecular weight excluding hydrogens is 427 g/mol. The first kappa shape index (κ1) is 21.5. The fourth-order valence-electron chi connectivity index (χ4n) is 1.81. The van der Waals surface area contributed by atoms with Gasteiger partial charge in [0.25, 0.3) is 5.69 Å². The Labute approximate surface area is 155 Å². The molecule has 152 valence electrons. The Hall–Kier alpha value is -2.83. The summed E-state index contributed by atoms with van der Waals surface area (Å²) in [6.45, 7) is 0. The SMILES string of the molecule is O=[N+]([O-])c1ccc(Cl)c(-c2ccc(/C=N/NC(F)(F)C(F)(F)C(F)(F)F)o2)c1. The average Bonchev–Trinajstić information content (AvgIpc) is 3.02. The number of furan rings is 1. The van der Waals surface area contributed by atoms with Crippen molar-refractivity contribution in [1.29, 1.82) is 0 Å². The fourth-order valence-corrected chi connectivity index (χ4v) is 2.02. The molecule has 0 saturated heterocycles. The van der Waals surface area contributed by atoms with Gasteiger partial charge in [-0.3, -0.25) is 10.1 Å². The maximum absolute atomic E-state index is 13.0. The van der Waals surface area contributed by atoms with Crippen molar-refractivity contribution < 1.29 is 40.1 Å². The van der Waals surface area contributed by atoms with Crippen LogP contribution in [0.5, 0.6) is 0 Å². The monoisotopic (exact) mass is 433 g/mol. The average molecular weight is 434 g/mol. The van der Waals surface area contributed by atoms with Gasteiger partial charge in [-0.25, -0.2) is 5.43 Å². The van der Waals surface area contributed by atoms with Crippen LogP contribution in [0, 0.1) is 10.1 Å². The van der Waals surface area contributed by atoms with E-state index < -0.39 is 23.1 Å². The minimum atomic E-state index is -6.50. The van der Waals surface area contributed by atoms with E-state index in [2.05, 4.69) is 5.10 Å². The number of hydrogen-bond donors (Lipinski definition) is 1. The Balaban J connectivity index is 2.20. The minimum absolute atomic E-state index is 0.0397. The molecule has 6 nitrogen and oxygen atoms in total. The third-order valence-corrected chi connectivity index (χ3v) is 3.53. The van der Waals surface area contributed by atoms with Crippen molar-refractivity contribution in [3.8, 4) is 11.3 Å². The molecule has 0 unspecified atom stereocenters. The van der Waals surface area contributed by atoms with Gasteiger partial charge >= 0.3 is 18.1 Å². The van der Waals surface area contributed by atoms with Crippen molar-refractivity contribution in [1.82, 2.24) is 5.43 Å². The van der Waals surface area contributed by atoms with E-state index in [4.69, 9.17) is 16.0 Å². The Morgan fingerprint density at radius 3 is 2.32 bits per heavy atom. The number of halogens is 8. The summed E-state index contributed by atoms with van der Waals surface area (Å²) in [5, 5.41) is 13.4. The molecule has 1 aromatic carbocycles. The Morgan fingerprint density at radius 2 is 1.75 bits per heavy atom. The topological polar surface area (TPSA) is 80.7 Å². The molecule has 0 saturated carbocycles. The van der Waals surface area contributed by atoms with Gasteiger partial charge in [-0.05, 0) is 18.2 Å². The van der Waals surface area contributed by atoms with Gasteiger partial charge in [0.1, 0.15) is 11.5 Å². The first-order valence-electron chi connectivity index (χ1n) is 6.93. The summed E-state index contributed by atoms with van der Waals surface area (Å²) in [6.07, 6.45) is -6.09. The fraction of sp³-hybridized carbons (Fsp3) is 0.214. The standard InChI is InChI=1S/C14H7ClF7N3O3/c15-10-3-1-7(25(26)27)5-9(10)11-4-2-8(28-11)6-23-24-14(21,22)12(16,17)13(18,19)20/h1-6,24H/b23-6+. The zero-order valence-electron chi connectivity index (χ0n) is 13.1. The number of hydrogen-bond acceptors (Lipinski definition) is 5. The van der Waals surface area contributed by atoms with Crippen molar-refractivity contribution in [2.75, 3.05) is 0 Å². The lowest BCUT2D eigenvalue weighted by atomic mass is 10.1. The normalized spacial score (nSPS) is 13.1. The highest BCUT2D eigenvalue weighted by molar-refractivity contribution is 6.33. The van der Waals surface area contributed by atoms with Crippen LogP contribution in [-0.4, -0.2) is 29.3 Å². The van der Waals surface area contributed by atoms with Gasteiger partial charge in [0.15, 0.2) is 0 Å². The third kappa shape index (κ3) is 4.18. The number of alkyl halides is 7. The van der Waals surface area contributed by atoms with Crippen LogP contribution in [0.15, 0.2) is 39.9 Å². The summed E-state index contributed by atoms with van der Waals surface area (Å²) in [6, 6.07) is -0.0556. The summed E-state index contributed by atoms with van der Waals surface area (Å²) < 4.78 is 92.6. The molecule has 1 aromatic heterocycles. The molecule has 0 bridgehead atoms. The van der Waals surface area contributed by atoms with E-state index in [0.717, 1.165) is 18.2 Å². The highest BCUT2D eigenvalue weighted by Crippen LogP contribution is 2.45. The molecule has 0 aliphatic carbocycles. The van der Waals surface area contributed by atoms with E-state index in [1.165, 1.54) is 12.1 Å². The van der Waals surface area contributed by atoms with Crippen molar-refractivity contribution in [2.24, 2.45) is 5.10 Å². The summed E-state index contributed by atoms with van der Waals surface area (Å²) in [5.41, 5.74) is 0.151. The second-order valence-electron chi connectivity index (χ2n) is 5.14. The van der Waals surface area contributed by atoms with Crippen molar-refractivity contribution in [3.05, 3.63) is 51.2 Å². The molecule has 2 aromatic rings. The smallest absolute Gasteiger partial charge is 0.455 e. The van der Waals surface area contributed by atoms with Crippen molar-refractivity contribution in [2.45, 2.75) is 18.1 Å². The van der Waals surface area contributed by atoms with E-state index in [1.54, 1.807) is 0 Å². The van der Waals surface area contributed by atoms with Gasteiger partial charge < -0.3 is 4.42 Å². The molecule has 0 aliphatic heterocycles. The van der Waals surface area contributed by atoms with Gasteiger partial charge in [0.2, 0.25) is 0 Å². The highest BCUT2D eigenvalue weighted by atomic mass is 35.5. The number of nitrogens with one attached hydrogen (secondary N) is 1.